The number of hydrogen-bond donors (Lipinski definition) is 2. The van der Waals surface area contributed by atoms with Gasteiger partial charge in [0.25, 0.3) is 0 Å². The summed E-state index contributed by atoms with van der Waals surface area (Å²) in [6, 6.07) is 13.7. The minimum absolute atomic E-state index is 0.0262. The first kappa shape index (κ1) is 21.7. The van der Waals surface area contributed by atoms with E-state index in [1.165, 1.54) is 18.2 Å². The zero-order valence-corrected chi connectivity index (χ0v) is 17.2. The number of nitrogens with zero attached hydrogens (tertiary/aromatic N) is 2. The summed E-state index contributed by atoms with van der Waals surface area (Å²) in [5, 5.41) is 5.00. The first-order valence-corrected chi connectivity index (χ1v) is 9.88. The first-order valence-electron chi connectivity index (χ1n) is 9.88. The second-order valence-electron chi connectivity index (χ2n) is 7.29. The van der Waals surface area contributed by atoms with Crippen LogP contribution in [0.25, 0.3) is 0 Å². The third-order valence-electron chi connectivity index (χ3n) is 5.06. The number of hydrogen-bond acceptors (Lipinski definition) is 5. The Morgan fingerprint density at radius 2 is 1.73 bits per heavy atom. The SMILES string of the molecule is CN(C)c1ccc(C(CNC(=O)C(=O)Nc2ccccc2F)N2CCOCC2)cc1. The van der Waals surface area contributed by atoms with Crippen LogP contribution in [0.15, 0.2) is 48.5 Å². The van der Waals surface area contributed by atoms with Gasteiger partial charge in [-0.3, -0.25) is 14.5 Å². The van der Waals surface area contributed by atoms with E-state index in [9.17, 15) is 14.0 Å². The van der Waals surface area contributed by atoms with Crippen molar-refractivity contribution in [3.63, 3.8) is 0 Å². The van der Waals surface area contributed by atoms with E-state index < -0.39 is 17.6 Å². The smallest absolute Gasteiger partial charge is 0.313 e. The molecule has 0 aliphatic carbocycles. The molecule has 1 aliphatic rings. The van der Waals surface area contributed by atoms with Crippen molar-refractivity contribution in [3.8, 4) is 0 Å². The average molecular weight is 414 g/mol. The van der Waals surface area contributed by atoms with E-state index in [1.807, 2.05) is 43.3 Å². The molecule has 1 saturated heterocycles. The molecular formula is C22H27FN4O3. The first-order chi connectivity index (χ1) is 14.5. The number of carbonyl (C=O) groups is 2. The highest BCUT2D eigenvalue weighted by atomic mass is 19.1. The summed E-state index contributed by atoms with van der Waals surface area (Å²) in [6.45, 7) is 2.96. The van der Waals surface area contributed by atoms with Crippen LogP contribution in [0, 0.1) is 5.82 Å². The molecule has 8 heteroatoms. The number of carbonyl (C=O) groups excluding carboxylic acids is 2. The molecule has 0 aromatic heterocycles. The van der Waals surface area contributed by atoms with Crippen molar-refractivity contribution >= 4 is 23.2 Å². The summed E-state index contributed by atoms with van der Waals surface area (Å²) in [5.74, 6) is -2.30. The summed E-state index contributed by atoms with van der Waals surface area (Å²) in [4.78, 5) is 28.7. The van der Waals surface area contributed by atoms with Crippen molar-refractivity contribution in [1.82, 2.24) is 10.2 Å². The maximum Gasteiger partial charge on any atom is 0.313 e. The van der Waals surface area contributed by atoms with Crippen LogP contribution >= 0.6 is 0 Å². The Balaban J connectivity index is 1.67. The van der Waals surface area contributed by atoms with Crippen molar-refractivity contribution in [1.29, 1.82) is 0 Å². The molecule has 2 N–H and O–H groups in total. The fourth-order valence-electron chi connectivity index (χ4n) is 3.35. The van der Waals surface area contributed by atoms with Crippen molar-refractivity contribution in [2.24, 2.45) is 0 Å². The molecule has 0 radical (unpaired) electrons. The van der Waals surface area contributed by atoms with Crippen LogP contribution in [0.1, 0.15) is 11.6 Å². The summed E-state index contributed by atoms with van der Waals surface area (Å²) >= 11 is 0. The van der Waals surface area contributed by atoms with E-state index >= 15 is 0 Å². The van der Waals surface area contributed by atoms with Crippen LogP contribution < -0.4 is 15.5 Å². The van der Waals surface area contributed by atoms with Gasteiger partial charge in [0, 0.05) is 39.4 Å². The van der Waals surface area contributed by atoms with Gasteiger partial charge >= 0.3 is 11.8 Å². The van der Waals surface area contributed by atoms with Gasteiger partial charge in [-0.25, -0.2) is 4.39 Å². The Kier molecular flexibility index (Phi) is 7.37. The number of nitrogens with one attached hydrogen (secondary N) is 2. The topological polar surface area (TPSA) is 73.9 Å². The zero-order valence-electron chi connectivity index (χ0n) is 17.2. The van der Waals surface area contributed by atoms with Crippen LogP contribution in [0.5, 0.6) is 0 Å². The van der Waals surface area contributed by atoms with Crippen LogP contribution in [-0.2, 0) is 14.3 Å². The lowest BCUT2D eigenvalue weighted by atomic mass is 10.0. The molecule has 1 unspecified atom stereocenters. The van der Waals surface area contributed by atoms with Crippen molar-refractivity contribution in [2.45, 2.75) is 6.04 Å². The van der Waals surface area contributed by atoms with Crippen LogP contribution in [0.4, 0.5) is 15.8 Å². The summed E-state index contributed by atoms with van der Waals surface area (Å²) in [5.41, 5.74) is 2.09. The summed E-state index contributed by atoms with van der Waals surface area (Å²) in [7, 11) is 3.95. The summed E-state index contributed by atoms with van der Waals surface area (Å²) < 4.78 is 19.2. The van der Waals surface area contributed by atoms with Gasteiger partial charge < -0.3 is 20.3 Å². The molecule has 1 fully saturated rings. The molecule has 7 nitrogen and oxygen atoms in total. The molecule has 1 aliphatic heterocycles. The van der Waals surface area contributed by atoms with Crippen molar-refractivity contribution in [3.05, 3.63) is 59.9 Å². The van der Waals surface area contributed by atoms with Gasteiger partial charge in [0.15, 0.2) is 0 Å². The fourth-order valence-corrected chi connectivity index (χ4v) is 3.35. The highest BCUT2D eigenvalue weighted by molar-refractivity contribution is 6.39. The predicted octanol–water partition coefficient (Wildman–Crippen LogP) is 2.02. The highest BCUT2D eigenvalue weighted by Gasteiger charge is 2.25. The zero-order chi connectivity index (χ0) is 21.5. The normalized spacial score (nSPS) is 15.3. The number of ether oxygens (including phenoxy) is 1. The maximum absolute atomic E-state index is 13.7. The van der Waals surface area contributed by atoms with Gasteiger partial charge in [-0.2, -0.15) is 0 Å². The molecular weight excluding hydrogens is 387 g/mol. The minimum Gasteiger partial charge on any atom is -0.379 e. The van der Waals surface area contributed by atoms with Crippen molar-refractivity contribution < 1.29 is 18.7 Å². The average Bonchev–Trinajstić information content (AvgIpc) is 2.76. The molecule has 160 valence electrons. The van der Waals surface area contributed by atoms with Gasteiger partial charge in [-0.1, -0.05) is 24.3 Å². The largest absolute Gasteiger partial charge is 0.379 e. The lowest BCUT2D eigenvalue weighted by Crippen LogP contribution is -2.45. The lowest BCUT2D eigenvalue weighted by Gasteiger charge is -2.35. The molecule has 0 saturated carbocycles. The Bertz CT molecular complexity index is 867. The number of amides is 2. The van der Waals surface area contributed by atoms with Gasteiger partial charge in [-0.05, 0) is 29.8 Å². The van der Waals surface area contributed by atoms with Gasteiger partial charge in [-0.15, -0.1) is 0 Å². The fraction of sp³-hybridized carbons (Fsp3) is 0.364. The molecule has 2 amide bonds. The third-order valence-corrected chi connectivity index (χ3v) is 5.06. The van der Waals surface area contributed by atoms with Crippen LogP contribution in [0.2, 0.25) is 0 Å². The molecule has 1 atom stereocenters. The minimum atomic E-state index is -0.899. The predicted molar refractivity (Wildman–Crippen MR) is 114 cm³/mol. The lowest BCUT2D eigenvalue weighted by molar-refractivity contribution is -0.136. The molecule has 30 heavy (non-hydrogen) atoms. The number of halogens is 1. The molecule has 2 aromatic rings. The molecule has 3 rings (SSSR count). The van der Waals surface area contributed by atoms with Gasteiger partial charge in [0.1, 0.15) is 5.82 Å². The van der Waals surface area contributed by atoms with Gasteiger partial charge in [0.05, 0.1) is 24.9 Å². The standard InChI is InChI=1S/C22H27FN4O3/c1-26(2)17-9-7-16(8-10-17)20(27-11-13-30-14-12-27)15-24-21(28)22(29)25-19-6-4-3-5-18(19)23/h3-10,20H,11-15H2,1-2H3,(H,24,28)(H,25,29). The molecule has 0 bridgehead atoms. The second-order valence-corrected chi connectivity index (χ2v) is 7.29. The monoisotopic (exact) mass is 414 g/mol. The van der Waals surface area contributed by atoms with Crippen LogP contribution in [0.3, 0.4) is 0 Å². The van der Waals surface area contributed by atoms with E-state index in [2.05, 4.69) is 15.5 Å². The Morgan fingerprint density at radius 3 is 2.37 bits per heavy atom. The Labute approximate surface area is 175 Å². The van der Waals surface area contributed by atoms with E-state index in [4.69, 9.17) is 4.74 Å². The summed E-state index contributed by atoms with van der Waals surface area (Å²) in [6.07, 6.45) is 0. The number of benzene rings is 2. The Morgan fingerprint density at radius 1 is 1.07 bits per heavy atom. The quantitative estimate of drug-likeness (QED) is 0.708. The highest BCUT2D eigenvalue weighted by Crippen LogP contribution is 2.24. The molecule has 1 heterocycles. The van der Waals surface area contributed by atoms with E-state index in [0.717, 1.165) is 24.3 Å². The molecule has 2 aromatic carbocycles. The number of para-hydroxylation sites is 1. The molecule has 0 spiro atoms. The van der Waals surface area contributed by atoms with E-state index in [-0.39, 0.29) is 18.3 Å². The van der Waals surface area contributed by atoms with E-state index in [1.54, 1.807) is 6.07 Å². The second kappa shape index (κ2) is 10.2. The van der Waals surface area contributed by atoms with E-state index in [0.29, 0.717) is 13.2 Å². The number of morpholine rings is 1. The van der Waals surface area contributed by atoms with Crippen LogP contribution in [-0.4, -0.2) is 63.7 Å². The third kappa shape index (κ3) is 5.55. The number of anilines is 2. The Hall–Kier alpha value is -2.97. The maximum atomic E-state index is 13.7. The number of rotatable bonds is 6. The van der Waals surface area contributed by atoms with Crippen molar-refractivity contribution in [2.75, 3.05) is 57.2 Å². The van der Waals surface area contributed by atoms with Gasteiger partial charge in [0.2, 0.25) is 0 Å².